The molecule has 0 aromatic heterocycles. The molecule has 5 nitrogen and oxygen atoms in total. The summed E-state index contributed by atoms with van der Waals surface area (Å²) < 4.78 is 41.3. The molecular weight excluding hydrogens is 301 g/mol. The summed E-state index contributed by atoms with van der Waals surface area (Å²) in [4.78, 5) is 22.5. The number of carbonyl (C=O) groups is 2. The predicted octanol–water partition coefficient (Wildman–Crippen LogP) is 1.98. The zero-order chi connectivity index (χ0) is 16.2. The Kier molecular flexibility index (Phi) is 5.02. The first-order valence-electron chi connectivity index (χ1n) is 6.72. The Morgan fingerprint density at radius 2 is 1.91 bits per heavy atom. The first-order chi connectivity index (χ1) is 10.4. The number of benzene rings is 1. The second-order valence-electron chi connectivity index (χ2n) is 4.87. The summed E-state index contributed by atoms with van der Waals surface area (Å²) in [6, 6.07) is 6.17. The number of amides is 2. The molecule has 0 aliphatic carbocycles. The van der Waals surface area contributed by atoms with E-state index in [0.717, 1.165) is 6.42 Å². The molecule has 1 fully saturated rings. The Hall–Kier alpha value is -2.09. The second-order valence-corrected chi connectivity index (χ2v) is 4.87. The monoisotopic (exact) mass is 316 g/mol. The average Bonchev–Trinajstić information content (AvgIpc) is 2.99. The van der Waals surface area contributed by atoms with E-state index in [-0.39, 0.29) is 12.5 Å². The largest absolute Gasteiger partial charge is 0.471 e. The van der Waals surface area contributed by atoms with Crippen LogP contribution in [0.4, 0.5) is 18.9 Å². The third-order valence-corrected chi connectivity index (χ3v) is 3.15. The molecule has 1 atom stereocenters. The summed E-state index contributed by atoms with van der Waals surface area (Å²) >= 11 is 0. The Bertz CT molecular complexity index is 537. The van der Waals surface area contributed by atoms with E-state index in [2.05, 4.69) is 5.32 Å². The van der Waals surface area contributed by atoms with Gasteiger partial charge in [-0.1, -0.05) is 12.1 Å². The van der Waals surface area contributed by atoms with Gasteiger partial charge in [0.1, 0.15) is 6.10 Å². The Morgan fingerprint density at radius 1 is 1.23 bits per heavy atom. The van der Waals surface area contributed by atoms with Crippen molar-refractivity contribution in [2.45, 2.75) is 31.7 Å². The summed E-state index contributed by atoms with van der Waals surface area (Å²) in [6.07, 6.45) is -3.83. The molecular formula is C14H15F3N2O3. The highest BCUT2D eigenvalue weighted by Crippen LogP contribution is 2.17. The molecule has 1 unspecified atom stereocenters. The van der Waals surface area contributed by atoms with Gasteiger partial charge in [0.25, 0.3) is 5.91 Å². The summed E-state index contributed by atoms with van der Waals surface area (Å²) in [5.41, 5.74) is 1.01. The number of carbonyl (C=O) groups excluding carboxylic acids is 2. The molecule has 0 bridgehead atoms. The fourth-order valence-corrected chi connectivity index (χ4v) is 2.00. The minimum absolute atomic E-state index is 0.238. The maximum Gasteiger partial charge on any atom is 0.471 e. The number of anilines is 1. The zero-order valence-corrected chi connectivity index (χ0v) is 11.6. The van der Waals surface area contributed by atoms with Crippen molar-refractivity contribution in [1.29, 1.82) is 0 Å². The number of halogens is 3. The predicted molar refractivity (Wildman–Crippen MR) is 71.9 cm³/mol. The molecule has 1 aromatic rings. The van der Waals surface area contributed by atoms with Gasteiger partial charge in [-0.2, -0.15) is 13.2 Å². The first-order valence-corrected chi connectivity index (χ1v) is 6.72. The van der Waals surface area contributed by atoms with Crippen LogP contribution in [0.25, 0.3) is 0 Å². The summed E-state index contributed by atoms with van der Waals surface area (Å²) in [7, 11) is 0. The van der Waals surface area contributed by atoms with Crippen LogP contribution in [-0.2, 0) is 20.9 Å². The highest BCUT2D eigenvalue weighted by molar-refractivity contribution is 5.94. The summed E-state index contributed by atoms with van der Waals surface area (Å²) in [6.45, 7) is 0.328. The first kappa shape index (κ1) is 16.3. The molecule has 0 radical (unpaired) electrons. The van der Waals surface area contributed by atoms with Crippen molar-refractivity contribution in [3.05, 3.63) is 29.8 Å². The molecule has 2 amide bonds. The Morgan fingerprint density at radius 3 is 2.45 bits per heavy atom. The third-order valence-electron chi connectivity index (χ3n) is 3.15. The Balaban J connectivity index is 1.85. The van der Waals surface area contributed by atoms with Crippen LogP contribution in [0, 0.1) is 0 Å². The van der Waals surface area contributed by atoms with Crippen LogP contribution in [0.1, 0.15) is 18.4 Å². The van der Waals surface area contributed by atoms with Crippen LogP contribution in [-0.4, -0.2) is 30.7 Å². The van der Waals surface area contributed by atoms with Gasteiger partial charge in [-0.25, -0.2) is 0 Å². The van der Waals surface area contributed by atoms with Gasteiger partial charge in [-0.05, 0) is 30.5 Å². The van der Waals surface area contributed by atoms with Gasteiger partial charge >= 0.3 is 12.1 Å². The van der Waals surface area contributed by atoms with E-state index in [1.807, 2.05) is 0 Å². The lowest BCUT2D eigenvalue weighted by atomic mass is 10.2. The third kappa shape index (κ3) is 4.45. The number of ether oxygens (including phenoxy) is 1. The van der Waals surface area contributed by atoms with Gasteiger partial charge in [0, 0.05) is 18.8 Å². The van der Waals surface area contributed by atoms with E-state index in [1.165, 1.54) is 12.1 Å². The van der Waals surface area contributed by atoms with Gasteiger partial charge in [0.05, 0.1) is 0 Å². The number of rotatable bonds is 4. The maximum absolute atomic E-state index is 12.0. The van der Waals surface area contributed by atoms with Crippen LogP contribution < -0.4 is 10.6 Å². The van der Waals surface area contributed by atoms with Crippen molar-refractivity contribution in [1.82, 2.24) is 5.32 Å². The van der Waals surface area contributed by atoms with Crippen LogP contribution >= 0.6 is 0 Å². The van der Waals surface area contributed by atoms with E-state index in [1.54, 1.807) is 17.4 Å². The lowest BCUT2D eigenvalue weighted by Gasteiger charge is -2.11. The van der Waals surface area contributed by atoms with Crippen LogP contribution in [0.2, 0.25) is 0 Å². The lowest BCUT2D eigenvalue weighted by Crippen LogP contribution is -2.36. The van der Waals surface area contributed by atoms with E-state index in [9.17, 15) is 22.8 Å². The second kappa shape index (κ2) is 6.78. The zero-order valence-electron chi connectivity index (χ0n) is 11.6. The highest BCUT2D eigenvalue weighted by atomic mass is 19.4. The molecule has 1 aromatic carbocycles. The quantitative estimate of drug-likeness (QED) is 0.892. The van der Waals surface area contributed by atoms with Gasteiger partial charge in [0.2, 0.25) is 0 Å². The molecule has 8 heteroatoms. The minimum Gasteiger partial charge on any atom is -0.368 e. The van der Waals surface area contributed by atoms with E-state index in [4.69, 9.17) is 4.74 Å². The standard InChI is InChI=1S/C14H15F3N2O3/c15-14(16,17)13(21)18-8-9-3-5-10(6-4-9)19-12(20)11-2-1-7-22-11/h3-6,11H,1-2,7-8H2,(H,18,21)(H,19,20). The molecule has 1 aliphatic rings. The lowest BCUT2D eigenvalue weighted by molar-refractivity contribution is -0.173. The minimum atomic E-state index is -4.89. The van der Waals surface area contributed by atoms with Gasteiger partial charge in [0.15, 0.2) is 0 Å². The number of alkyl halides is 3. The smallest absolute Gasteiger partial charge is 0.368 e. The molecule has 0 spiro atoms. The van der Waals surface area contributed by atoms with Crippen LogP contribution in [0.15, 0.2) is 24.3 Å². The van der Waals surface area contributed by atoms with E-state index >= 15 is 0 Å². The molecule has 22 heavy (non-hydrogen) atoms. The van der Waals surface area contributed by atoms with Crippen molar-refractivity contribution in [3.63, 3.8) is 0 Å². The summed E-state index contributed by atoms with van der Waals surface area (Å²) in [5.74, 6) is -2.22. The normalized spacial score (nSPS) is 18.0. The number of nitrogens with one attached hydrogen (secondary N) is 2. The summed E-state index contributed by atoms with van der Waals surface area (Å²) in [5, 5.41) is 4.44. The molecule has 0 saturated carbocycles. The van der Waals surface area contributed by atoms with Crippen molar-refractivity contribution in [3.8, 4) is 0 Å². The topological polar surface area (TPSA) is 67.4 Å². The molecule has 2 rings (SSSR count). The number of hydrogen-bond donors (Lipinski definition) is 2. The SMILES string of the molecule is O=C(Nc1ccc(CNC(=O)C(F)(F)F)cc1)C1CCCO1. The van der Waals surface area contributed by atoms with Gasteiger partial charge < -0.3 is 15.4 Å². The maximum atomic E-state index is 12.0. The molecule has 120 valence electrons. The molecule has 1 saturated heterocycles. The fraction of sp³-hybridized carbons (Fsp3) is 0.429. The van der Waals surface area contributed by atoms with E-state index in [0.29, 0.717) is 24.3 Å². The van der Waals surface area contributed by atoms with Crippen LogP contribution in [0.5, 0.6) is 0 Å². The van der Waals surface area contributed by atoms with Crippen molar-refractivity contribution < 1.29 is 27.5 Å². The molecule has 1 heterocycles. The van der Waals surface area contributed by atoms with Crippen molar-refractivity contribution in [2.75, 3.05) is 11.9 Å². The Labute approximate surface area is 124 Å². The van der Waals surface area contributed by atoms with Crippen molar-refractivity contribution >= 4 is 17.5 Å². The van der Waals surface area contributed by atoms with Gasteiger partial charge in [-0.15, -0.1) is 0 Å². The van der Waals surface area contributed by atoms with Gasteiger partial charge in [-0.3, -0.25) is 9.59 Å². The number of hydrogen-bond acceptors (Lipinski definition) is 3. The average molecular weight is 316 g/mol. The van der Waals surface area contributed by atoms with E-state index < -0.39 is 18.2 Å². The fourth-order valence-electron chi connectivity index (χ4n) is 2.00. The van der Waals surface area contributed by atoms with Crippen molar-refractivity contribution in [2.24, 2.45) is 0 Å². The van der Waals surface area contributed by atoms with Crippen LogP contribution in [0.3, 0.4) is 0 Å². The highest BCUT2D eigenvalue weighted by Gasteiger charge is 2.38. The molecule has 1 aliphatic heterocycles. The molecule has 2 N–H and O–H groups in total.